The van der Waals surface area contributed by atoms with E-state index in [1.165, 1.54) is 173 Å². The van der Waals surface area contributed by atoms with Gasteiger partial charge in [-0.25, -0.2) is 0 Å². The standard InChI is InChI=1S/C45H89NO5/c1-3-5-7-9-11-13-14-15-16-17-18-19-20-21-22-23-24-25-26-27-28-29-30-31-33-34-36-38-42(48)44(50)41(40-47)46-45(51)43(49)39-37-35-32-12-10-8-6-4-2/h31,33,41-44,47-50H,3-30,32,34-40H2,1-2H3,(H,46,51)/b33-31+. The third-order valence-electron chi connectivity index (χ3n) is 10.7. The molecule has 51 heavy (non-hydrogen) atoms. The van der Waals surface area contributed by atoms with Crippen molar-refractivity contribution < 1.29 is 25.2 Å². The Labute approximate surface area is 317 Å². The predicted octanol–water partition coefficient (Wildman–Crippen LogP) is 11.8. The number of carbonyl (C=O) groups is 1. The lowest BCUT2D eigenvalue weighted by atomic mass is 10.00. The number of aliphatic hydroxyl groups is 4. The Bertz CT molecular complexity index is 731. The van der Waals surface area contributed by atoms with Gasteiger partial charge in [-0.3, -0.25) is 4.79 Å². The fourth-order valence-electron chi connectivity index (χ4n) is 7.11. The van der Waals surface area contributed by atoms with Gasteiger partial charge in [0.15, 0.2) is 0 Å². The minimum Gasteiger partial charge on any atom is -0.394 e. The summed E-state index contributed by atoms with van der Waals surface area (Å²) in [6.07, 6.45) is 44.3. The van der Waals surface area contributed by atoms with Gasteiger partial charge in [-0.2, -0.15) is 0 Å². The van der Waals surface area contributed by atoms with Gasteiger partial charge in [0.05, 0.1) is 18.8 Å². The molecule has 4 atom stereocenters. The second-order valence-electron chi connectivity index (χ2n) is 15.8. The van der Waals surface area contributed by atoms with Crippen molar-refractivity contribution in [2.45, 2.75) is 263 Å². The summed E-state index contributed by atoms with van der Waals surface area (Å²) in [5, 5.41) is 43.4. The van der Waals surface area contributed by atoms with E-state index >= 15 is 0 Å². The van der Waals surface area contributed by atoms with Crippen molar-refractivity contribution in [3.63, 3.8) is 0 Å². The maximum atomic E-state index is 12.4. The van der Waals surface area contributed by atoms with Crippen LogP contribution >= 0.6 is 0 Å². The predicted molar refractivity (Wildman–Crippen MR) is 219 cm³/mol. The first-order valence-corrected chi connectivity index (χ1v) is 22.6. The number of nitrogens with one attached hydrogen (secondary N) is 1. The van der Waals surface area contributed by atoms with Gasteiger partial charge in [0.1, 0.15) is 12.2 Å². The lowest BCUT2D eigenvalue weighted by molar-refractivity contribution is -0.132. The van der Waals surface area contributed by atoms with Gasteiger partial charge in [0.25, 0.3) is 0 Å². The van der Waals surface area contributed by atoms with Crippen LogP contribution in [-0.4, -0.2) is 57.3 Å². The van der Waals surface area contributed by atoms with Crippen LogP contribution in [0.1, 0.15) is 239 Å². The lowest BCUT2D eigenvalue weighted by Gasteiger charge is -2.27. The second kappa shape index (κ2) is 40.2. The summed E-state index contributed by atoms with van der Waals surface area (Å²) in [5.74, 6) is -0.596. The molecule has 6 nitrogen and oxygen atoms in total. The molecule has 4 unspecified atom stereocenters. The van der Waals surface area contributed by atoms with Crippen LogP contribution in [0.25, 0.3) is 0 Å². The lowest BCUT2D eigenvalue weighted by Crippen LogP contribution is -2.53. The molecular formula is C45H89NO5. The van der Waals surface area contributed by atoms with Crippen molar-refractivity contribution >= 4 is 5.91 Å². The highest BCUT2D eigenvalue weighted by Gasteiger charge is 2.28. The number of hydrogen-bond acceptors (Lipinski definition) is 5. The molecule has 6 heteroatoms. The van der Waals surface area contributed by atoms with Gasteiger partial charge in [0.2, 0.25) is 5.91 Å². The van der Waals surface area contributed by atoms with E-state index in [0.29, 0.717) is 12.8 Å². The quantitative estimate of drug-likeness (QED) is 0.0319. The fraction of sp³-hybridized carbons (Fsp3) is 0.933. The normalized spacial score (nSPS) is 14.2. The van der Waals surface area contributed by atoms with Crippen molar-refractivity contribution in [2.75, 3.05) is 6.61 Å². The van der Waals surface area contributed by atoms with E-state index in [9.17, 15) is 25.2 Å². The molecule has 0 saturated heterocycles. The van der Waals surface area contributed by atoms with Crippen LogP contribution in [0.4, 0.5) is 0 Å². The van der Waals surface area contributed by atoms with Gasteiger partial charge in [0, 0.05) is 0 Å². The molecule has 0 aliphatic heterocycles. The molecule has 0 bridgehead atoms. The molecule has 0 saturated carbocycles. The Balaban J connectivity index is 3.61. The summed E-state index contributed by atoms with van der Waals surface area (Å²) in [7, 11) is 0. The van der Waals surface area contributed by atoms with Crippen LogP contribution in [-0.2, 0) is 4.79 Å². The SMILES string of the molecule is CCCCCCCCCCCCCCCCCCCCCCCC/C=C/CCCC(O)C(O)C(CO)NC(=O)C(O)CCCCCCCCCC. The van der Waals surface area contributed by atoms with E-state index in [-0.39, 0.29) is 0 Å². The van der Waals surface area contributed by atoms with Crippen molar-refractivity contribution in [3.05, 3.63) is 12.2 Å². The highest BCUT2D eigenvalue weighted by atomic mass is 16.3. The molecule has 0 spiro atoms. The van der Waals surface area contributed by atoms with Crippen molar-refractivity contribution in [3.8, 4) is 0 Å². The average molecular weight is 724 g/mol. The Hall–Kier alpha value is -0.950. The zero-order valence-electron chi connectivity index (χ0n) is 34.1. The third-order valence-corrected chi connectivity index (χ3v) is 10.7. The van der Waals surface area contributed by atoms with E-state index in [2.05, 4.69) is 31.3 Å². The minimum atomic E-state index is -1.28. The highest BCUT2D eigenvalue weighted by molar-refractivity contribution is 5.80. The van der Waals surface area contributed by atoms with E-state index in [4.69, 9.17) is 0 Å². The number of amides is 1. The molecule has 1 amide bonds. The van der Waals surface area contributed by atoms with Gasteiger partial charge < -0.3 is 25.7 Å². The maximum Gasteiger partial charge on any atom is 0.249 e. The fourth-order valence-corrected chi connectivity index (χ4v) is 7.11. The molecule has 304 valence electrons. The summed E-state index contributed by atoms with van der Waals surface area (Å²) in [6, 6.07) is -0.995. The van der Waals surface area contributed by atoms with E-state index < -0.39 is 36.9 Å². The summed E-state index contributed by atoms with van der Waals surface area (Å²) < 4.78 is 0. The summed E-state index contributed by atoms with van der Waals surface area (Å²) in [5.41, 5.74) is 0. The number of aliphatic hydroxyl groups excluding tert-OH is 4. The first-order chi connectivity index (χ1) is 25.0. The van der Waals surface area contributed by atoms with Gasteiger partial charge in [-0.15, -0.1) is 0 Å². The number of rotatable bonds is 41. The Morgan fingerprint density at radius 1 is 0.471 bits per heavy atom. The Kier molecular flexibility index (Phi) is 39.5. The summed E-state index contributed by atoms with van der Waals surface area (Å²) >= 11 is 0. The number of hydrogen-bond donors (Lipinski definition) is 5. The molecule has 0 aromatic carbocycles. The van der Waals surface area contributed by atoms with Crippen molar-refractivity contribution in [1.82, 2.24) is 5.32 Å². The largest absolute Gasteiger partial charge is 0.394 e. The van der Waals surface area contributed by atoms with E-state index in [1.54, 1.807) is 0 Å². The van der Waals surface area contributed by atoms with Crippen molar-refractivity contribution in [1.29, 1.82) is 0 Å². The zero-order valence-corrected chi connectivity index (χ0v) is 34.1. The van der Waals surface area contributed by atoms with Crippen LogP contribution in [0.15, 0.2) is 12.2 Å². The molecule has 0 fully saturated rings. The number of allylic oxidation sites excluding steroid dienone is 2. The molecule has 0 aromatic heterocycles. The molecule has 0 rings (SSSR count). The Morgan fingerprint density at radius 2 is 0.804 bits per heavy atom. The number of unbranched alkanes of at least 4 members (excludes halogenated alkanes) is 30. The zero-order chi connectivity index (χ0) is 37.5. The van der Waals surface area contributed by atoms with E-state index in [1.807, 2.05) is 0 Å². The third kappa shape index (κ3) is 34.6. The van der Waals surface area contributed by atoms with Crippen LogP contribution in [0.5, 0.6) is 0 Å². The van der Waals surface area contributed by atoms with Crippen LogP contribution < -0.4 is 5.32 Å². The minimum absolute atomic E-state index is 0.365. The van der Waals surface area contributed by atoms with Crippen molar-refractivity contribution in [2.24, 2.45) is 0 Å². The highest BCUT2D eigenvalue weighted by Crippen LogP contribution is 2.16. The smallest absolute Gasteiger partial charge is 0.249 e. The Morgan fingerprint density at radius 3 is 1.18 bits per heavy atom. The maximum absolute atomic E-state index is 12.4. The average Bonchev–Trinajstić information content (AvgIpc) is 3.13. The van der Waals surface area contributed by atoms with Crippen LogP contribution in [0.2, 0.25) is 0 Å². The topological polar surface area (TPSA) is 110 Å². The van der Waals surface area contributed by atoms with Crippen LogP contribution in [0.3, 0.4) is 0 Å². The molecule has 0 aliphatic rings. The molecule has 0 aliphatic carbocycles. The molecule has 0 aromatic rings. The van der Waals surface area contributed by atoms with E-state index in [0.717, 1.165) is 38.5 Å². The number of carbonyl (C=O) groups excluding carboxylic acids is 1. The first kappa shape index (κ1) is 50.1. The summed E-state index contributed by atoms with van der Waals surface area (Å²) in [6.45, 7) is 4.00. The molecule has 0 heterocycles. The molecule has 0 radical (unpaired) electrons. The second-order valence-corrected chi connectivity index (χ2v) is 15.8. The molecular weight excluding hydrogens is 634 g/mol. The van der Waals surface area contributed by atoms with Gasteiger partial charge >= 0.3 is 0 Å². The first-order valence-electron chi connectivity index (χ1n) is 22.6. The van der Waals surface area contributed by atoms with Gasteiger partial charge in [-0.05, 0) is 38.5 Å². The van der Waals surface area contributed by atoms with Gasteiger partial charge in [-0.1, -0.05) is 212 Å². The molecule has 5 N–H and O–H groups in total. The monoisotopic (exact) mass is 724 g/mol. The summed E-state index contributed by atoms with van der Waals surface area (Å²) in [4.78, 5) is 12.4. The van der Waals surface area contributed by atoms with Crippen LogP contribution in [0, 0.1) is 0 Å².